The van der Waals surface area contributed by atoms with Gasteiger partial charge < -0.3 is 19.5 Å². The number of Topliss-reactive ketones (excluding diaryl/α,β-unsaturated/α-hetero) is 1. The molecule has 32 heavy (non-hydrogen) atoms. The van der Waals surface area contributed by atoms with Crippen molar-refractivity contribution >= 4 is 29.4 Å². The number of hydrogen-bond acceptors (Lipinski definition) is 7. The lowest BCUT2D eigenvalue weighted by Crippen LogP contribution is -2.30. The highest BCUT2D eigenvalue weighted by Gasteiger charge is 2.24. The molecular weight excluding hydrogens is 430 g/mol. The molecule has 1 heterocycles. The lowest BCUT2D eigenvalue weighted by Gasteiger charge is -2.17. The van der Waals surface area contributed by atoms with Gasteiger partial charge in [-0.3, -0.25) is 9.59 Å². The fourth-order valence-corrected chi connectivity index (χ4v) is 3.80. The van der Waals surface area contributed by atoms with Crippen LogP contribution in [0.4, 0.5) is 0 Å². The first-order chi connectivity index (χ1) is 15.1. The Morgan fingerprint density at radius 2 is 1.81 bits per heavy atom. The molecule has 1 aliphatic rings. The molecule has 0 fully saturated rings. The smallest absolute Gasteiger partial charge is 0.339 e. The first kappa shape index (κ1) is 23.7. The molecule has 7 nitrogen and oxygen atoms in total. The summed E-state index contributed by atoms with van der Waals surface area (Å²) in [6.07, 6.45) is 0. The van der Waals surface area contributed by atoms with Crippen molar-refractivity contribution < 1.29 is 28.6 Å². The summed E-state index contributed by atoms with van der Waals surface area (Å²) in [5.74, 6) is 0.443. The molecule has 0 aromatic heterocycles. The maximum Gasteiger partial charge on any atom is 0.339 e. The summed E-state index contributed by atoms with van der Waals surface area (Å²) in [5, 5.41) is 2.45. The topological polar surface area (TPSA) is 90.9 Å². The van der Waals surface area contributed by atoms with E-state index in [1.807, 2.05) is 18.2 Å². The molecule has 1 aliphatic heterocycles. The van der Waals surface area contributed by atoms with E-state index < -0.39 is 16.6 Å². The van der Waals surface area contributed by atoms with Crippen molar-refractivity contribution in [3.63, 3.8) is 0 Å². The molecule has 2 aromatic rings. The normalized spacial score (nSPS) is 13.4. The Morgan fingerprint density at radius 3 is 2.56 bits per heavy atom. The Bertz CT molecular complexity index is 1010. The van der Waals surface area contributed by atoms with Crippen molar-refractivity contribution in [2.75, 3.05) is 13.4 Å². The Kier molecular flexibility index (Phi) is 7.45. The molecular formula is C24H27NO6S. The number of thioether (sulfide) groups is 1. The van der Waals surface area contributed by atoms with E-state index in [-0.39, 0.29) is 25.1 Å². The van der Waals surface area contributed by atoms with Gasteiger partial charge in [0, 0.05) is 16.9 Å². The highest BCUT2D eigenvalue weighted by molar-refractivity contribution is 8.00. The van der Waals surface area contributed by atoms with E-state index in [4.69, 9.17) is 14.2 Å². The Labute approximate surface area is 191 Å². The number of amides is 1. The van der Waals surface area contributed by atoms with Crippen molar-refractivity contribution in [1.82, 2.24) is 5.32 Å². The van der Waals surface area contributed by atoms with Gasteiger partial charge >= 0.3 is 5.97 Å². The molecule has 0 saturated heterocycles. The molecule has 1 amide bonds. The Morgan fingerprint density at radius 1 is 1.09 bits per heavy atom. The predicted octanol–water partition coefficient (Wildman–Crippen LogP) is 3.98. The lowest BCUT2D eigenvalue weighted by molar-refractivity contribution is -0.129. The van der Waals surface area contributed by atoms with E-state index in [1.54, 1.807) is 52.0 Å². The number of nitrogens with one attached hydrogen (secondary N) is 1. The average Bonchev–Trinajstić information content (AvgIpc) is 3.23. The number of ether oxygens (including phenoxy) is 3. The van der Waals surface area contributed by atoms with Gasteiger partial charge in [0.2, 0.25) is 12.7 Å². The Hall–Kier alpha value is -3.00. The molecule has 0 radical (unpaired) electrons. The van der Waals surface area contributed by atoms with E-state index in [0.29, 0.717) is 28.5 Å². The van der Waals surface area contributed by atoms with Crippen molar-refractivity contribution in [3.8, 4) is 11.5 Å². The molecule has 3 rings (SSSR count). The zero-order chi connectivity index (χ0) is 23.3. The van der Waals surface area contributed by atoms with Crippen molar-refractivity contribution in [2.24, 2.45) is 5.41 Å². The number of ketones is 1. The third-order valence-corrected chi connectivity index (χ3v) is 6.03. The standard InChI is InChI=1S/C24H27NO6S/c1-15(22(27)25-12-16-9-10-18-19(11-16)31-14-30-18)32-20-8-6-5-7-17(20)23(28)29-13-21(26)24(2,3)4/h5-11,15H,12-14H2,1-4H3,(H,25,27)/t15-/m1/s1. The highest BCUT2D eigenvalue weighted by atomic mass is 32.2. The number of benzene rings is 2. The summed E-state index contributed by atoms with van der Waals surface area (Å²) in [7, 11) is 0. The summed E-state index contributed by atoms with van der Waals surface area (Å²) in [6, 6.07) is 12.4. The SMILES string of the molecule is C[C@@H](Sc1ccccc1C(=O)OCC(=O)C(C)(C)C)C(=O)NCc1ccc2c(c1)OCO2. The molecule has 0 unspecified atom stereocenters. The van der Waals surface area contributed by atoms with Gasteiger partial charge in [-0.05, 0) is 36.8 Å². The third kappa shape index (κ3) is 6.03. The molecule has 0 saturated carbocycles. The van der Waals surface area contributed by atoms with Crippen LogP contribution in [0.5, 0.6) is 11.5 Å². The fraction of sp³-hybridized carbons (Fsp3) is 0.375. The van der Waals surface area contributed by atoms with Crippen LogP contribution in [0.25, 0.3) is 0 Å². The van der Waals surface area contributed by atoms with Crippen molar-refractivity contribution in [1.29, 1.82) is 0 Å². The summed E-state index contributed by atoms with van der Waals surface area (Å²) >= 11 is 1.26. The number of carbonyl (C=O) groups is 3. The van der Waals surface area contributed by atoms with Gasteiger partial charge in [0.1, 0.15) is 0 Å². The van der Waals surface area contributed by atoms with Gasteiger partial charge in [0.05, 0.1) is 10.8 Å². The monoisotopic (exact) mass is 457 g/mol. The van der Waals surface area contributed by atoms with E-state index in [2.05, 4.69) is 5.32 Å². The first-order valence-electron chi connectivity index (χ1n) is 10.3. The second-order valence-electron chi connectivity index (χ2n) is 8.41. The van der Waals surface area contributed by atoms with Gasteiger partial charge in [-0.2, -0.15) is 0 Å². The van der Waals surface area contributed by atoms with Crippen LogP contribution >= 0.6 is 11.8 Å². The largest absolute Gasteiger partial charge is 0.454 e. The highest BCUT2D eigenvalue weighted by Crippen LogP contribution is 2.32. The zero-order valence-electron chi connectivity index (χ0n) is 18.6. The van der Waals surface area contributed by atoms with E-state index in [0.717, 1.165) is 5.56 Å². The van der Waals surface area contributed by atoms with E-state index >= 15 is 0 Å². The molecule has 0 bridgehead atoms. The van der Waals surface area contributed by atoms with Crippen LogP contribution in [-0.4, -0.2) is 36.3 Å². The van der Waals surface area contributed by atoms with Gasteiger partial charge in [-0.15, -0.1) is 11.8 Å². The quantitative estimate of drug-likeness (QED) is 0.473. The second kappa shape index (κ2) is 10.1. The molecule has 1 N–H and O–H groups in total. The molecule has 1 atom stereocenters. The number of hydrogen-bond donors (Lipinski definition) is 1. The van der Waals surface area contributed by atoms with Crippen LogP contribution in [0.1, 0.15) is 43.6 Å². The van der Waals surface area contributed by atoms with Crippen molar-refractivity contribution in [2.45, 2.75) is 44.4 Å². The van der Waals surface area contributed by atoms with Gasteiger partial charge in [0.25, 0.3) is 0 Å². The van der Waals surface area contributed by atoms with Gasteiger partial charge in [0.15, 0.2) is 23.9 Å². The van der Waals surface area contributed by atoms with Crippen molar-refractivity contribution in [3.05, 3.63) is 53.6 Å². The average molecular weight is 458 g/mol. The maximum atomic E-state index is 12.6. The van der Waals surface area contributed by atoms with Crippen LogP contribution < -0.4 is 14.8 Å². The van der Waals surface area contributed by atoms with Crippen LogP contribution in [-0.2, 0) is 20.9 Å². The van der Waals surface area contributed by atoms with Crippen LogP contribution in [0.15, 0.2) is 47.4 Å². The third-order valence-electron chi connectivity index (χ3n) is 4.85. The minimum Gasteiger partial charge on any atom is -0.454 e. The van der Waals surface area contributed by atoms with Crippen LogP contribution in [0.3, 0.4) is 0 Å². The minimum atomic E-state index is -0.585. The lowest BCUT2D eigenvalue weighted by atomic mass is 9.91. The summed E-state index contributed by atoms with van der Waals surface area (Å²) < 4.78 is 15.9. The number of rotatable bonds is 8. The fourth-order valence-electron chi connectivity index (χ4n) is 2.79. The first-order valence-corrected chi connectivity index (χ1v) is 11.2. The number of esters is 1. The minimum absolute atomic E-state index is 0.160. The summed E-state index contributed by atoms with van der Waals surface area (Å²) in [4.78, 5) is 37.8. The van der Waals surface area contributed by atoms with E-state index in [1.165, 1.54) is 11.8 Å². The van der Waals surface area contributed by atoms with Crippen LogP contribution in [0.2, 0.25) is 0 Å². The molecule has 0 aliphatic carbocycles. The number of carbonyl (C=O) groups excluding carboxylic acids is 3. The molecule has 170 valence electrons. The van der Waals surface area contributed by atoms with Gasteiger partial charge in [-0.25, -0.2) is 4.79 Å². The zero-order valence-corrected chi connectivity index (χ0v) is 19.4. The molecule has 2 aromatic carbocycles. The predicted molar refractivity (Wildman–Crippen MR) is 121 cm³/mol. The summed E-state index contributed by atoms with van der Waals surface area (Å²) in [6.45, 7) is 7.35. The Balaban J connectivity index is 1.57. The molecule has 0 spiro atoms. The summed E-state index contributed by atoms with van der Waals surface area (Å²) in [5.41, 5.74) is 0.640. The van der Waals surface area contributed by atoms with Crippen LogP contribution in [0, 0.1) is 5.41 Å². The van der Waals surface area contributed by atoms with E-state index in [9.17, 15) is 14.4 Å². The second-order valence-corrected chi connectivity index (χ2v) is 9.79. The van der Waals surface area contributed by atoms with Gasteiger partial charge in [-0.1, -0.05) is 39.0 Å². The molecule has 8 heteroatoms. The maximum absolute atomic E-state index is 12.6. The number of fused-ring (bicyclic) bond motifs is 1.